The summed E-state index contributed by atoms with van der Waals surface area (Å²) in [6.07, 6.45) is 13.5. The van der Waals surface area contributed by atoms with Crippen LogP contribution in [0.1, 0.15) is 72.3 Å². The number of urea groups is 1. The maximum atomic E-state index is 12.3. The van der Waals surface area contributed by atoms with Crippen LogP contribution in [0.4, 0.5) is 10.5 Å². The monoisotopic (exact) mass is 696 g/mol. The smallest absolute Gasteiger partial charge is 0.328 e. The summed E-state index contributed by atoms with van der Waals surface area (Å²) in [5.41, 5.74) is 0.697. The first-order valence-electron chi connectivity index (χ1n) is 17.1. The van der Waals surface area contributed by atoms with E-state index in [0.29, 0.717) is 37.9 Å². The van der Waals surface area contributed by atoms with Gasteiger partial charge >= 0.3 is 12.0 Å². The van der Waals surface area contributed by atoms with Gasteiger partial charge in [0.1, 0.15) is 6.04 Å². The molecule has 50 heavy (non-hydrogen) atoms. The van der Waals surface area contributed by atoms with Crippen molar-refractivity contribution in [2.45, 2.75) is 84.8 Å². The van der Waals surface area contributed by atoms with E-state index in [2.05, 4.69) is 26.6 Å². The second kappa shape index (κ2) is 21.9. The fourth-order valence-corrected chi connectivity index (χ4v) is 5.60. The molecule has 14 heteroatoms. The molecule has 0 aromatic heterocycles. The Kier molecular flexibility index (Phi) is 18.0. The molecule has 14 nitrogen and oxygen atoms in total. The molecule has 1 aromatic rings. The summed E-state index contributed by atoms with van der Waals surface area (Å²) in [4.78, 5) is 70.0. The van der Waals surface area contributed by atoms with E-state index in [1.165, 1.54) is 18.2 Å². The number of rotatable bonds is 16. The van der Waals surface area contributed by atoms with Crippen LogP contribution in [0.15, 0.2) is 54.6 Å². The molecule has 0 saturated carbocycles. The SMILES string of the molecule is C/C=C/[C@H](C[C@@H]1CCNC1=O)NC(=O)/C=C/c1ccc([N+](=O)[O-])cc1.C/C=C/[C@H](C[C@@H]1CCNC1=O)NC(=O)N[C@@H](CC(C)C)C(=O)OCC. The molecule has 1 aromatic carbocycles. The number of nitro benzene ring substituents is 1. The molecule has 2 fully saturated rings. The minimum atomic E-state index is -0.680. The molecule has 0 aliphatic carbocycles. The number of esters is 1. The molecule has 0 unspecified atom stereocenters. The third-order valence-electron chi connectivity index (χ3n) is 8.01. The zero-order valence-electron chi connectivity index (χ0n) is 29.6. The predicted octanol–water partition coefficient (Wildman–Crippen LogP) is 3.93. The largest absolute Gasteiger partial charge is 0.464 e. The van der Waals surface area contributed by atoms with E-state index < -0.39 is 23.0 Å². The Morgan fingerprint density at radius 3 is 1.90 bits per heavy atom. The summed E-state index contributed by atoms with van der Waals surface area (Å²) in [5, 5.41) is 24.6. The number of allylic oxidation sites excluding steroid dienone is 2. The van der Waals surface area contributed by atoms with E-state index in [4.69, 9.17) is 4.74 Å². The normalized spacial score (nSPS) is 19.0. The Labute approximate surface area is 294 Å². The van der Waals surface area contributed by atoms with Crippen LogP contribution in [0.5, 0.6) is 0 Å². The highest BCUT2D eigenvalue weighted by Crippen LogP contribution is 2.18. The van der Waals surface area contributed by atoms with Crippen molar-refractivity contribution in [3.05, 3.63) is 70.3 Å². The van der Waals surface area contributed by atoms with Crippen molar-refractivity contribution in [2.75, 3.05) is 19.7 Å². The first-order valence-corrected chi connectivity index (χ1v) is 17.1. The van der Waals surface area contributed by atoms with Gasteiger partial charge in [0.2, 0.25) is 17.7 Å². The van der Waals surface area contributed by atoms with Crippen molar-refractivity contribution in [2.24, 2.45) is 17.8 Å². The topological polar surface area (TPSA) is 198 Å². The van der Waals surface area contributed by atoms with Gasteiger partial charge < -0.3 is 31.3 Å². The number of amides is 5. The molecule has 2 heterocycles. The quantitative estimate of drug-likeness (QED) is 0.0563. The maximum absolute atomic E-state index is 12.3. The highest BCUT2D eigenvalue weighted by molar-refractivity contribution is 5.92. The first-order chi connectivity index (χ1) is 23.9. The van der Waals surface area contributed by atoms with E-state index in [-0.39, 0.29) is 59.9 Å². The fourth-order valence-electron chi connectivity index (χ4n) is 5.60. The first kappa shape index (κ1) is 41.2. The summed E-state index contributed by atoms with van der Waals surface area (Å²) >= 11 is 0. The number of benzene rings is 1. The second-order valence-electron chi connectivity index (χ2n) is 12.5. The van der Waals surface area contributed by atoms with Crippen LogP contribution < -0.4 is 26.6 Å². The summed E-state index contributed by atoms with van der Waals surface area (Å²) in [6.45, 7) is 11.0. The third-order valence-corrected chi connectivity index (χ3v) is 8.01. The molecule has 5 amide bonds. The molecule has 3 rings (SSSR count). The van der Waals surface area contributed by atoms with Gasteiger partial charge in [-0.3, -0.25) is 24.5 Å². The van der Waals surface area contributed by atoms with Gasteiger partial charge in [0.25, 0.3) is 5.69 Å². The predicted molar refractivity (Wildman–Crippen MR) is 190 cm³/mol. The molecule has 0 radical (unpaired) electrons. The summed E-state index contributed by atoms with van der Waals surface area (Å²) < 4.78 is 5.03. The number of ether oxygens (including phenoxy) is 1. The Hall–Kier alpha value is -5.01. The zero-order chi connectivity index (χ0) is 37.1. The van der Waals surface area contributed by atoms with Gasteiger partial charge in [-0.15, -0.1) is 0 Å². The molecular formula is C36H52N6O8. The molecule has 0 bridgehead atoms. The number of hydrogen-bond acceptors (Lipinski definition) is 8. The van der Waals surface area contributed by atoms with Gasteiger partial charge in [0.05, 0.1) is 11.5 Å². The molecule has 0 spiro atoms. The van der Waals surface area contributed by atoms with E-state index in [1.807, 2.05) is 52.0 Å². The summed E-state index contributed by atoms with van der Waals surface area (Å²) in [5.74, 6) is -0.587. The Morgan fingerprint density at radius 2 is 1.46 bits per heavy atom. The molecule has 5 N–H and O–H groups in total. The van der Waals surface area contributed by atoms with Crippen LogP contribution in [-0.4, -0.2) is 72.5 Å². The Balaban J connectivity index is 0.000000347. The number of carbonyl (C=O) groups is 5. The van der Waals surface area contributed by atoms with Gasteiger partial charge in [-0.25, -0.2) is 9.59 Å². The number of nitrogens with one attached hydrogen (secondary N) is 5. The standard InChI is InChI=1S/C18H21N3O4.C18H31N3O4/c1-2-3-15(12-14-10-11-19-18(14)23)20-17(22)9-6-13-4-7-16(8-5-13)21(24)25;1-5-7-14(11-13-8-9-19-16(13)22)20-18(24)21-15(10-12(3)4)17(23)25-6-2/h2-9,14-15H,10-12H2,1H3,(H,19,23)(H,20,22);5,7,12-15H,6,8-11H2,1-4H3,(H,19,22)(H2,20,21,24)/b3-2+,9-6+;7-5+/t14-,15+;13-,14+,15-/m00/s1. The highest BCUT2D eigenvalue weighted by Gasteiger charge is 2.29. The van der Waals surface area contributed by atoms with Crippen LogP contribution in [0.3, 0.4) is 0 Å². The van der Waals surface area contributed by atoms with E-state index in [1.54, 1.807) is 25.1 Å². The minimum absolute atomic E-state index is 0.00425. The minimum Gasteiger partial charge on any atom is -0.464 e. The lowest BCUT2D eigenvalue weighted by Gasteiger charge is -2.22. The second-order valence-corrected chi connectivity index (χ2v) is 12.5. The summed E-state index contributed by atoms with van der Waals surface area (Å²) in [6, 6.07) is 4.34. The number of hydrogen-bond donors (Lipinski definition) is 5. The average Bonchev–Trinajstić information content (AvgIpc) is 3.66. The molecule has 2 aliphatic heterocycles. The van der Waals surface area contributed by atoms with E-state index in [0.717, 1.165) is 12.8 Å². The van der Waals surface area contributed by atoms with Crippen molar-refractivity contribution in [1.82, 2.24) is 26.6 Å². The van der Waals surface area contributed by atoms with Crippen LogP contribution in [0.25, 0.3) is 6.08 Å². The van der Waals surface area contributed by atoms with E-state index >= 15 is 0 Å². The van der Waals surface area contributed by atoms with Crippen molar-refractivity contribution in [3.63, 3.8) is 0 Å². The van der Waals surface area contributed by atoms with Gasteiger partial charge in [0, 0.05) is 55.2 Å². The molecule has 5 atom stereocenters. The Morgan fingerprint density at radius 1 is 0.920 bits per heavy atom. The summed E-state index contributed by atoms with van der Waals surface area (Å²) in [7, 11) is 0. The third kappa shape index (κ3) is 15.0. The number of nitro groups is 1. The Bertz CT molecular complexity index is 1390. The van der Waals surface area contributed by atoms with Crippen molar-refractivity contribution >= 4 is 41.5 Å². The van der Waals surface area contributed by atoms with E-state index in [9.17, 15) is 34.1 Å². The lowest BCUT2D eigenvalue weighted by atomic mass is 9.98. The van der Waals surface area contributed by atoms with Crippen LogP contribution in [0.2, 0.25) is 0 Å². The average molecular weight is 697 g/mol. The fraction of sp³-hybridized carbons (Fsp3) is 0.528. The lowest BCUT2D eigenvalue weighted by Crippen LogP contribution is -2.50. The number of nitrogens with zero attached hydrogens (tertiary/aromatic N) is 1. The van der Waals surface area contributed by atoms with Crippen LogP contribution >= 0.6 is 0 Å². The molecular weight excluding hydrogens is 644 g/mol. The van der Waals surface area contributed by atoms with Gasteiger partial charge in [-0.05, 0) is 82.6 Å². The lowest BCUT2D eigenvalue weighted by molar-refractivity contribution is -0.384. The van der Waals surface area contributed by atoms with Gasteiger partial charge in [-0.1, -0.05) is 38.2 Å². The van der Waals surface area contributed by atoms with Crippen LogP contribution in [-0.2, 0) is 23.9 Å². The van der Waals surface area contributed by atoms with Gasteiger partial charge in [-0.2, -0.15) is 0 Å². The van der Waals surface area contributed by atoms with Crippen LogP contribution in [0, 0.1) is 27.9 Å². The molecule has 2 saturated heterocycles. The maximum Gasteiger partial charge on any atom is 0.328 e. The molecule has 2 aliphatic rings. The molecule has 274 valence electrons. The number of carbonyl (C=O) groups excluding carboxylic acids is 5. The number of non-ortho nitro benzene ring substituents is 1. The van der Waals surface area contributed by atoms with Crippen molar-refractivity contribution < 1.29 is 33.6 Å². The van der Waals surface area contributed by atoms with Gasteiger partial charge in [0.15, 0.2) is 0 Å². The zero-order valence-corrected chi connectivity index (χ0v) is 29.6. The van der Waals surface area contributed by atoms with Crippen molar-refractivity contribution in [3.8, 4) is 0 Å². The highest BCUT2D eigenvalue weighted by atomic mass is 16.6. The van der Waals surface area contributed by atoms with Crippen molar-refractivity contribution in [1.29, 1.82) is 0 Å².